The number of aryl methyl sites for hydroxylation is 2. The van der Waals surface area contributed by atoms with Crippen LogP contribution in [0.15, 0.2) is 0 Å². The predicted molar refractivity (Wildman–Crippen MR) is 77.6 cm³/mol. The van der Waals surface area contributed by atoms with Crippen molar-refractivity contribution in [1.82, 2.24) is 14.7 Å². The van der Waals surface area contributed by atoms with Gasteiger partial charge in [-0.2, -0.15) is 5.10 Å². The van der Waals surface area contributed by atoms with E-state index in [9.17, 15) is 4.79 Å². The van der Waals surface area contributed by atoms with E-state index in [4.69, 9.17) is 5.11 Å². The SMILES string of the molecule is Cc1nn(C)c(C)c1NC(=O)CN1CCC(CCO)C1. The topological polar surface area (TPSA) is 70.4 Å². The van der Waals surface area contributed by atoms with Gasteiger partial charge >= 0.3 is 0 Å². The van der Waals surface area contributed by atoms with Gasteiger partial charge < -0.3 is 10.4 Å². The molecule has 0 spiro atoms. The van der Waals surface area contributed by atoms with Crippen molar-refractivity contribution in [3.8, 4) is 0 Å². The first-order valence-electron chi connectivity index (χ1n) is 7.14. The van der Waals surface area contributed by atoms with Crippen LogP contribution in [0.2, 0.25) is 0 Å². The lowest BCUT2D eigenvalue weighted by Crippen LogP contribution is -2.32. The first-order valence-corrected chi connectivity index (χ1v) is 7.14. The quantitative estimate of drug-likeness (QED) is 0.832. The summed E-state index contributed by atoms with van der Waals surface area (Å²) in [6.45, 7) is 6.33. The van der Waals surface area contributed by atoms with Crippen molar-refractivity contribution >= 4 is 11.6 Å². The highest BCUT2D eigenvalue weighted by atomic mass is 16.3. The smallest absolute Gasteiger partial charge is 0.238 e. The Labute approximate surface area is 119 Å². The standard InChI is InChI=1S/C14H24N4O2/c1-10-14(11(2)17(3)16-10)15-13(20)9-18-6-4-12(8-18)5-7-19/h12,19H,4-9H2,1-3H3,(H,15,20). The third kappa shape index (κ3) is 3.37. The first-order chi connectivity index (χ1) is 9.51. The minimum Gasteiger partial charge on any atom is -0.396 e. The molecule has 0 saturated carbocycles. The van der Waals surface area contributed by atoms with Crippen LogP contribution < -0.4 is 5.32 Å². The third-order valence-corrected chi connectivity index (χ3v) is 4.05. The van der Waals surface area contributed by atoms with Gasteiger partial charge in [0.2, 0.25) is 5.91 Å². The van der Waals surface area contributed by atoms with E-state index in [1.54, 1.807) is 4.68 Å². The second-order valence-corrected chi connectivity index (χ2v) is 5.62. The third-order valence-electron chi connectivity index (χ3n) is 4.05. The molecule has 2 heterocycles. The number of carbonyl (C=O) groups is 1. The molecule has 2 rings (SSSR count). The Kier molecular flexibility index (Phi) is 4.77. The molecule has 1 amide bonds. The average Bonchev–Trinajstić information content (AvgIpc) is 2.91. The minimum absolute atomic E-state index is 0.00819. The molecule has 1 unspecified atom stereocenters. The predicted octanol–water partition coefficient (Wildman–Crippen LogP) is 0.680. The van der Waals surface area contributed by atoms with Gasteiger partial charge in [0.05, 0.1) is 23.6 Å². The van der Waals surface area contributed by atoms with Crippen LogP contribution in [0.4, 0.5) is 5.69 Å². The summed E-state index contributed by atoms with van der Waals surface area (Å²) in [5.74, 6) is 0.531. The number of hydrogen-bond acceptors (Lipinski definition) is 4. The maximum absolute atomic E-state index is 12.1. The van der Waals surface area contributed by atoms with E-state index in [1.807, 2.05) is 20.9 Å². The Morgan fingerprint density at radius 2 is 2.25 bits per heavy atom. The van der Waals surface area contributed by atoms with E-state index < -0.39 is 0 Å². The molecule has 1 atom stereocenters. The molecule has 112 valence electrons. The number of nitrogens with zero attached hydrogens (tertiary/aromatic N) is 3. The summed E-state index contributed by atoms with van der Waals surface area (Å²) in [6.07, 6.45) is 1.90. The summed E-state index contributed by atoms with van der Waals surface area (Å²) < 4.78 is 1.78. The van der Waals surface area contributed by atoms with Crippen LogP contribution in [-0.4, -0.2) is 51.9 Å². The number of anilines is 1. The van der Waals surface area contributed by atoms with E-state index in [0.717, 1.165) is 43.0 Å². The molecule has 1 aromatic heterocycles. The summed E-state index contributed by atoms with van der Waals surface area (Å²) in [4.78, 5) is 14.3. The second kappa shape index (κ2) is 6.37. The summed E-state index contributed by atoms with van der Waals surface area (Å²) in [7, 11) is 1.87. The lowest BCUT2D eigenvalue weighted by Gasteiger charge is -2.15. The van der Waals surface area contributed by atoms with Crippen LogP contribution >= 0.6 is 0 Å². The van der Waals surface area contributed by atoms with Gasteiger partial charge in [-0.1, -0.05) is 0 Å². The van der Waals surface area contributed by atoms with Gasteiger partial charge in [0.15, 0.2) is 0 Å². The number of hydrogen-bond donors (Lipinski definition) is 2. The largest absolute Gasteiger partial charge is 0.396 e. The van der Waals surface area contributed by atoms with Gasteiger partial charge in [-0.25, -0.2) is 0 Å². The number of nitrogens with one attached hydrogen (secondary N) is 1. The lowest BCUT2D eigenvalue weighted by molar-refractivity contribution is -0.117. The normalized spacial score (nSPS) is 19.5. The Morgan fingerprint density at radius 3 is 2.85 bits per heavy atom. The summed E-state index contributed by atoms with van der Waals surface area (Å²) >= 11 is 0. The van der Waals surface area contributed by atoms with Crippen molar-refractivity contribution in [1.29, 1.82) is 0 Å². The fraction of sp³-hybridized carbons (Fsp3) is 0.714. The van der Waals surface area contributed by atoms with Crippen LogP contribution in [0, 0.1) is 19.8 Å². The maximum atomic E-state index is 12.1. The monoisotopic (exact) mass is 280 g/mol. The molecule has 2 N–H and O–H groups in total. The van der Waals surface area contributed by atoms with Gasteiger partial charge in [0, 0.05) is 20.2 Å². The van der Waals surface area contributed by atoms with Crippen LogP contribution in [0.3, 0.4) is 0 Å². The van der Waals surface area contributed by atoms with Crippen molar-refractivity contribution in [2.45, 2.75) is 26.7 Å². The Morgan fingerprint density at radius 1 is 1.50 bits per heavy atom. The van der Waals surface area contributed by atoms with Gasteiger partial charge in [-0.15, -0.1) is 0 Å². The van der Waals surface area contributed by atoms with E-state index >= 15 is 0 Å². The number of carbonyl (C=O) groups excluding carboxylic acids is 1. The Balaban J connectivity index is 1.87. The number of rotatable bonds is 5. The number of likely N-dealkylation sites (tertiary alicyclic amines) is 1. The summed E-state index contributed by atoms with van der Waals surface area (Å²) in [6, 6.07) is 0. The highest BCUT2D eigenvalue weighted by Crippen LogP contribution is 2.20. The van der Waals surface area contributed by atoms with Gasteiger partial charge in [-0.05, 0) is 39.2 Å². The second-order valence-electron chi connectivity index (χ2n) is 5.62. The van der Waals surface area contributed by atoms with Crippen molar-refractivity contribution in [2.24, 2.45) is 13.0 Å². The van der Waals surface area contributed by atoms with Crippen molar-refractivity contribution in [2.75, 3.05) is 31.6 Å². The molecule has 1 aliphatic rings. The first kappa shape index (κ1) is 15.0. The fourth-order valence-corrected chi connectivity index (χ4v) is 2.81. The number of aromatic nitrogens is 2. The molecule has 6 nitrogen and oxygen atoms in total. The zero-order chi connectivity index (χ0) is 14.7. The van der Waals surface area contributed by atoms with Crippen LogP contribution in [0.1, 0.15) is 24.2 Å². The van der Waals surface area contributed by atoms with Crippen LogP contribution in [-0.2, 0) is 11.8 Å². The van der Waals surface area contributed by atoms with Crippen molar-refractivity contribution in [3.05, 3.63) is 11.4 Å². The number of aliphatic hydroxyl groups is 1. The fourth-order valence-electron chi connectivity index (χ4n) is 2.81. The van der Waals surface area contributed by atoms with Crippen LogP contribution in [0.5, 0.6) is 0 Å². The van der Waals surface area contributed by atoms with E-state index in [-0.39, 0.29) is 12.5 Å². The highest BCUT2D eigenvalue weighted by molar-refractivity contribution is 5.93. The van der Waals surface area contributed by atoms with Crippen molar-refractivity contribution < 1.29 is 9.90 Å². The van der Waals surface area contributed by atoms with E-state index in [0.29, 0.717) is 12.5 Å². The van der Waals surface area contributed by atoms with E-state index in [1.165, 1.54) is 0 Å². The Hall–Kier alpha value is -1.40. The summed E-state index contributed by atoms with van der Waals surface area (Å²) in [5.41, 5.74) is 2.64. The molecule has 0 aliphatic carbocycles. The maximum Gasteiger partial charge on any atom is 0.238 e. The Bertz CT molecular complexity index is 484. The summed E-state index contributed by atoms with van der Waals surface area (Å²) in [5, 5.41) is 16.2. The van der Waals surface area contributed by atoms with Gasteiger partial charge in [0.25, 0.3) is 0 Å². The highest BCUT2D eigenvalue weighted by Gasteiger charge is 2.24. The molecule has 0 bridgehead atoms. The molecule has 1 saturated heterocycles. The number of amides is 1. The zero-order valence-corrected chi connectivity index (χ0v) is 12.5. The average molecular weight is 280 g/mol. The van der Waals surface area contributed by atoms with E-state index in [2.05, 4.69) is 15.3 Å². The molecule has 0 aromatic carbocycles. The minimum atomic E-state index is 0.00819. The van der Waals surface area contributed by atoms with Crippen LogP contribution in [0.25, 0.3) is 0 Å². The molecule has 0 radical (unpaired) electrons. The molecule has 20 heavy (non-hydrogen) atoms. The lowest BCUT2D eigenvalue weighted by atomic mass is 10.1. The molecule has 1 fully saturated rings. The van der Waals surface area contributed by atoms with Gasteiger partial charge in [0.1, 0.15) is 0 Å². The zero-order valence-electron chi connectivity index (χ0n) is 12.5. The molecular formula is C14H24N4O2. The van der Waals surface area contributed by atoms with Crippen molar-refractivity contribution in [3.63, 3.8) is 0 Å². The molecule has 6 heteroatoms. The molecule has 1 aliphatic heterocycles. The van der Waals surface area contributed by atoms with Gasteiger partial charge in [-0.3, -0.25) is 14.4 Å². The molecular weight excluding hydrogens is 256 g/mol. The molecule has 1 aromatic rings. The number of aliphatic hydroxyl groups excluding tert-OH is 1.